The van der Waals surface area contributed by atoms with E-state index in [1.165, 1.54) is 0 Å². The average molecular weight is 384 g/mol. The molecule has 1 aliphatic heterocycles. The first-order valence-electron chi connectivity index (χ1n) is 9.64. The molecule has 2 unspecified atom stereocenters. The number of carbonyl (C=O) groups excluding carboxylic acids is 2. The van der Waals surface area contributed by atoms with E-state index in [9.17, 15) is 9.59 Å². The number of nitrogens with one attached hydrogen (secondary N) is 2. The van der Waals surface area contributed by atoms with E-state index in [1.54, 1.807) is 16.6 Å². The molecule has 1 aromatic carbocycles. The number of carbonyl (C=O) groups is 2. The van der Waals surface area contributed by atoms with Crippen LogP contribution >= 0.6 is 0 Å². The van der Waals surface area contributed by atoms with Crippen LogP contribution in [0.4, 0.5) is 0 Å². The first kappa shape index (κ1) is 20.0. The van der Waals surface area contributed by atoms with E-state index in [1.807, 2.05) is 45.2 Å². The van der Waals surface area contributed by atoms with Crippen LogP contribution in [0.15, 0.2) is 24.4 Å². The van der Waals surface area contributed by atoms with Crippen LogP contribution in [0.1, 0.15) is 46.6 Å². The quantitative estimate of drug-likeness (QED) is 0.781. The zero-order valence-electron chi connectivity index (χ0n) is 16.9. The fraction of sp³-hybridized carbons (Fsp3) is 0.500. The van der Waals surface area contributed by atoms with E-state index in [4.69, 9.17) is 0 Å². The van der Waals surface area contributed by atoms with Crippen LogP contribution in [-0.4, -0.2) is 57.9 Å². The van der Waals surface area contributed by atoms with Crippen molar-refractivity contribution >= 4 is 11.8 Å². The van der Waals surface area contributed by atoms with Crippen LogP contribution in [0.5, 0.6) is 0 Å². The molecule has 0 spiro atoms. The summed E-state index contributed by atoms with van der Waals surface area (Å²) in [6.45, 7) is 7.54. The van der Waals surface area contributed by atoms with Gasteiger partial charge in [0.15, 0.2) is 0 Å². The minimum absolute atomic E-state index is 0.0178. The van der Waals surface area contributed by atoms with Crippen molar-refractivity contribution in [3.8, 4) is 0 Å². The lowest BCUT2D eigenvalue weighted by molar-refractivity contribution is -0.122. The van der Waals surface area contributed by atoms with Gasteiger partial charge in [-0.1, -0.05) is 17.3 Å². The molecule has 28 heavy (non-hydrogen) atoms. The van der Waals surface area contributed by atoms with Crippen molar-refractivity contribution in [2.75, 3.05) is 20.1 Å². The van der Waals surface area contributed by atoms with E-state index in [2.05, 4.69) is 20.9 Å². The molecule has 2 heterocycles. The van der Waals surface area contributed by atoms with Crippen LogP contribution in [-0.2, 0) is 11.3 Å². The molecule has 1 saturated heterocycles. The first-order chi connectivity index (χ1) is 13.4. The van der Waals surface area contributed by atoms with Crippen LogP contribution in [0, 0.1) is 13.8 Å². The molecule has 2 atom stereocenters. The molecule has 8 heteroatoms. The van der Waals surface area contributed by atoms with Gasteiger partial charge in [0.1, 0.15) is 5.69 Å². The monoisotopic (exact) mass is 384 g/mol. The number of nitrogens with zero attached hydrogens (tertiary/aromatic N) is 4. The van der Waals surface area contributed by atoms with Crippen molar-refractivity contribution in [1.29, 1.82) is 0 Å². The smallest absolute Gasteiger partial charge is 0.254 e. The maximum Gasteiger partial charge on any atom is 0.254 e. The highest BCUT2D eigenvalue weighted by atomic mass is 16.2. The Bertz CT molecular complexity index is 862. The molecule has 1 aliphatic rings. The Kier molecular flexibility index (Phi) is 6.08. The SMILES string of the molecule is CCNC(=O)C1CC(n2cc(CN(C)C(=O)c3cccc(C)c3C)nn2)CN1. The molecule has 0 radical (unpaired) electrons. The Morgan fingerprint density at radius 2 is 2.14 bits per heavy atom. The van der Waals surface area contributed by atoms with Crippen LogP contribution in [0.2, 0.25) is 0 Å². The number of benzene rings is 1. The Hall–Kier alpha value is -2.74. The van der Waals surface area contributed by atoms with Crippen molar-refractivity contribution in [2.24, 2.45) is 0 Å². The highest BCUT2D eigenvalue weighted by molar-refractivity contribution is 5.95. The van der Waals surface area contributed by atoms with Crippen LogP contribution < -0.4 is 10.6 Å². The molecule has 1 aromatic heterocycles. The molecule has 0 bridgehead atoms. The maximum atomic E-state index is 12.8. The van der Waals surface area contributed by atoms with Crippen molar-refractivity contribution in [3.05, 3.63) is 46.8 Å². The zero-order valence-corrected chi connectivity index (χ0v) is 16.9. The summed E-state index contributed by atoms with van der Waals surface area (Å²) in [4.78, 5) is 26.4. The lowest BCUT2D eigenvalue weighted by Crippen LogP contribution is -2.40. The van der Waals surface area contributed by atoms with Crippen molar-refractivity contribution in [1.82, 2.24) is 30.5 Å². The fourth-order valence-electron chi connectivity index (χ4n) is 3.48. The summed E-state index contributed by atoms with van der Waals surface area (Å²) in [5.74, 6) is -0.0150. The molecule has 8 nitrogen and oxygen atoms in total. The van der Waals surface area contributed by atoms with Crippen LogP contribution in [0.25, 0.3) is 0 Å². The molecule has 0 aliphatic carbocycles. The highest BCUT2D eigenvalue weighted by Crippen LogP contribution is 2.20. The predicted molar refractivity (Wildman–Crippen MR) is 106 cm³/mol. The number of likely N-dealkylation sites (N-methyl/N-ethyl adjacent to an activating group) is 1. The topological polar surface area (TPSA) is 92.2 Å². The van der Waals surface area contributed by atoms with Gasteiger partial charge in [-0.15, -0.1) is 5.10 Å². The second kappa shape index (κ2) is 8.52. The molecule has 2 amide bonds. The molecular weight excluding hydrogens is 356 g/mol. The zero-order chi connectivity index (χ0) is 20.3. The number of aryl methyl sites for hydroxylation is 1. The highest BCUT2D eigenvalue weighted by Gasteiger charge is 2.31. The summed E-state index contributed by atoms with van der Waals surface area (Å²) in [7, 11) is 1.77. The minimum Gasteiger partial charge on any atom is -0.355 e. The number of amides is 2. The van der Waals surface area contributed by atoms with Gasteiger partial charge >= 0.3 is 0 Å². The third-order valence-electron chi connectivity index (χ3n) is 5.29. The van der Waals surface area contributed by atoms with Gasteiger partial charge in [0.25, 0.3) is 5.91 Å². The minimum atomic E-state index is -0.203. The average Bonchev–Trinajstić information content (AvgIpc) is 3.33. The lowest BCUT2D eigenvalue weighted by atomic mass is 10.0. The Morgan fingerprint density at radius 1 is 1.36 bits per heavy atom. The molecular formula is C20H28N6O2. The number of rotatable bonds is 6. The first-order valence-corrected chi connectivity index (χ1v) is 9.64. The van der Waals surface area contributed by atoms with Gasteiger partial charge in [0, 0.05) is 25.7 Å². The number of hydrogen-bond acceptors (Lipinski definition) is 5. The van der Waals surface area contributed by atoms with E-state index in [-0.39, 0.29) is 23.9 Å². The molecule has 3 rings (SSSR count). The lowest BCUT2D eigenvalue weighted by Gasteiger charge is -2.17. The summed E-state index contributed by atoms with van der Waals surface area (Å²) in [5.41, 5.74) is 3.53. The Labute approximate surface area is 165 Å². The molecule has 150 valence electrons. The van der Waals surface area contributed by atoms with E-state index >= 15 is 0 Å². The third kappa shape index (κ3) is 4.22. The summed E-state index contributed by atoms with van der Waals surface area (Å²) in [5, 5.41) is 14.5. The fourth-order valence-corrected chi connectivity index (χ4v) is 3.48. The van der Waals surface area contributed by atoms with Gasteiger partial charge in [0.2, 0.25) is 5.91 Å². The predicted octanol–water partition coefficient (Wildman–Crippen LogP) is 1.21. The number of aromatic nitrogens is 3. The third-order valence-corrected chi connectivity index (χ3v) is 5.29. The number of hydrogen-bond donors (Lipinski definition) is 2. The van der Waals surface area contributed by atoms with Crippen molar-refractivity contribution in [2.45, 2.75) is 45.8 Å². The molecule has 0 saturated carbocycles. The largest absolute Gasteiger partial charge is 0.355 e. The molecule has 2 N–H and O–H groups in total. The van der Waals surface area contributed by atoms with E-state index in [0.717, 1.165) is 16.8 Å². The van der Waals surface area contributed by atoms with Gasteiger partial charge in [-0.3, -0.25) is 9.59 Å². The molecule has 1 fully saturated rings. The summed E-state index contributed by atoms with van der Waals surface area (Å²) >= 11 is 0. The maximum absolute atomic E-state index is 12.8. The van der Waals surface area contributed by atoms with E-state index in [0.29, 0.717) is 31.6 Å². The van der Waals surface area contributed by atoms with Gasteiger partial charge in [0.05, 0.1) is 24.8 Å². The van der Waals surface area contributed by atoms with Crippen LogP contribution in [0.3, 0.4) is 0 Å². The summed E-state index contributed by atoms with van der Waals surface area (Å²) in [6.07, 6.45) is 2.53. The normalized spacial score (nSPS) is 18.9. The van der Waals surface area contributed by atoms with E-state index < -0.39 is 0 Å². The van der Waals surface area contributed by atoms with Gasteiger partial charge < -0.3 is 15.5 Å². The second-order valence-corrected chi connectivity index (χ2v) is 7.34. The Morgan fingerprint density at radius 3 is 2.89 bits per heavy atom. The van der Waals surface area contributed by atoms with Gasteiger partial charge in [-0.05, 0) is 44.4 Å². The standard InChI is InChI=1S/C20H28N6O2/c1-5-21-19(27)18-9-16(10-22-18)26-12-15(23-24-26)11-25(4)20(28)17-8-6-7-13(2)14(17)3/h6-8,12,16,18,22H,5,9-11H2,1-4H3,(H,21,27). The Balaban J connectivity index is 1.62. The van der Waals surface area contributed by atoms with Gasteiger partial charge in [-0.25, -0.2) is 4.68 Å². The van der Waals surface area contributed by atoms with Crippen molar-refractivity contribution in [3.63, 3.8) is 0 Å². The summed E-state index contributed by atoms with van der Waals surface area (Å²) < 4.78 is 1.79. The summed E-state index contributed by atoms with van der Waals surface area (Å²) in [6, 6.07) is 5.63. The van der Waals surface area contributed by atoms with Gasteiger partial charge in [-0.2, -0.15) is 0 Å². The second-order valence-electron chi connectivity index (χ2n) is 7.34. The molecule has 2 aromatic rings. The van der Waals surface area contributed by atoms with Crippen molar-refractivity contribution < 1.29 is 9.59 Å².